The number of hydrogen-bond acceptors (Lipinski definition) is 4. The summed E-state index contributed by atoms with van der Waals surface area (Å²) in [5, 5.41) is 7.79. The van der Waals surface area contributed by atoms with Crippen molar-refractivity contribution in [3.63, 3.8) is 0 Å². The number of nitrogens with one attached hydrogen (secondary N) is 2. The molecule has 3 aromatic rings. The number of amides is 3. The highest BCUT2D eigenvalue weighted by atomic mass is 16.2. The molecule has 1 aliphatic heterocycles. The van der Waals surface area contributed by atoms with Gasteiger partial charge in [-0.1, -0.05) is 60.7 Å². The first-order valence-electron chi connectivity index (χ1n) is 12.4. The van der Waals surface area contributed by atoms with E-state index in [0.717, 1.165) is 41.4 Å². The Balaban J connectivity index is 1.13. The van der Waals surface area contributed by atoms with Gasteiger partial charge in [-0.15, -0.1) is 0 Å². The Morgan fingerprint density at radius 1 is 0.833 bits per heavy atom. The lowest BCUT2D eigenvalue weighted by atomic mass is 9.81. The molecular weight excluding hydrogens is 454 g/mol. The molecule has 0 radical (unpaired) electrons. The van der Waals surface area contributed by atoms with Gasteiger partial charge in [0.15, 0.2) is 0 Å². The van der Waals surface area contributed by atoms with E-state index in [4.69, 9.17) is 0 Å². The van der Waals surface area contributed by atoms with Gasteiger partial charge in [0.25, 0.3) is 5.91 Å². The summed E-state index contributed by atoms with van der Waals surface area (Å²) in [5.41, 5.74) is 1.92. The van der Waals surface area contributed by atoms with Crippen LogP contribution in [0.5, 0.6) is 0 Å². The molecule has 1 saturated carbocycles. The number of hydrogen-bond donors (Lipinski definition) is 2. The van der Waals surface area contributed by atoms with Crippen molar-refractivity contribution in [1.82, 2.24) is 10.2 Å². The summed E-state index contributed by atoms with van der Waals surface area (Å²) in [6.07, 6.45) is 3.59. The third-order valence-corrected chi connectivity index (χ3v) is 7.25. The highest BCUT2D eigenvalue weighted by Gasteiger charge is 2.44. The van der Waals surface area contributed by atoms with Crippen LogP contribution in [0.25, 0.3) is 10.8 Å². The van der Waals surface area contributed by atoms with Crippen LogP contribution in [0, 0.1) is 5.92 Å². The molecule has 184 valence electrons. The molecule has 0 spiro atoms. The van der Waals surface area contributed by atoms with E-state index in [0.29, 0.717) is 11.6 Å². The minimum absolute atomic E-state index is 0.00869. The van der Waals surface area contributed by atoms with Gasteiger partial charge in [-0.25, -0.2) is 0 Å². The number of rotatable bonds is 6. The SMILES string of the molecule is O=C(CN1CC(C(=O)NC2CCC(c3ccccc3)CC2)C(=O)C1=O)Nc1ccc2ccccc2c1. The van der Waals surface area contributed by atoms with E-state index in [1.165, 1.54) is 5.56 Å². The third-order valence-electron chi connectivity index (χ3n) is 7.25. The van der Waals surface area contributed by atoms with E-state index in [2.05, 4.69) is 22.8 Å². The van der Waals surface area contributed by atoms with Gasteiger partial charge in [-0.05, 0) is 60.1 Å². The minimum atomic E-state index is -1.07. The summed E-state index contributed by atoms with van der Waals surface area (Å²) < 4.78 is 0. The standard InChI is InChI=1S/C29H29N3O4/c33-26(30-24-15-12-20-8-4-5-9-22(20)16-24)18-32-17-25(27(34)29(32)36)28(35)31-23-13-10-21(11-14-23)19-6-2-1-3-7-19/h1-9,12,15-16,21,23,25H,10-11,13-14,17-18H2,(H,30,33)(H,31,35). The molecule has 7 heteroatoms. The highest BCUT2D eigenvalue weighted by Crippen LogP contribution is 2.33. The molecule has 1 unspecified atom stereocenters. The van der Waals surface area contributed by atoms with Crippen molar-refractivity contribution in [2.45, 2.75) is 37.6 Å². The zero-order valence-corrected chi connectivity index (χ0v) is 20.0. The molecule has 2 aliphatic rings. The summed E-state index contributed by atoms with van der Waals surface area (Å²) in [6, 6.07) is 23.7. The predicted octanol–water partition coefficient (Wildman–Crippen LogP) is 3.65. The number of carbonyl (C=O) groups is 4. The molecule has 2 fully saturated rings. The van der Waals surface area contributed by atoms with Crippen molar-refractivity contribution in [1.29, 1.82) is 0 Å². The van der Waals surface area contributed by atoms with Crippen molar-refractivity contribution in [2.24, 2.45) is 5.92 Å². The molecular formula is C29H29N3O4. The maximum Gasteiger partial charge on any atom is 0.291 e. The van der Waals surface area contributed by atoms with Gasteiger partial charge in [0.2, 0.25) is 17.6 Å². The van der Waals surface area contributed by atoms with Crippen LogP contribution in [0.4, 0.5) is 5.69 Å². The summed E-state index contributed by atoms with van der Waals surface area (Å²) in [4.78, 5) is 51.6. The summed E-state index contributed by atoms with van der Waals surface area (Å²) in [6.45, 7) is -0.350. The van der Waals surface area contributed by atoms with E-state index < -0.39 is 29.4 Å². The number of benzene rings is 3. The molecule has 36 heavy (non-hydrogen) atoms. The fraction of sp³-hybridized carbons (Fsp3) is 0.310. The molecule has 0 aromatic heterocycles. The third kappa shape index (κ3) is 5.15. The topological polar surface area (TPSA) is 95.6 Å². The van der Waals surface area contributed by atoms with Crippen molar-refractivity contribution in [3.05, 3.63) is 78.4 Å². The van der Waals surface area contributed by atoms with E-state index in [9.17, 15) is 19.2 Å². The average molecular weight is 484 g/mol. The molecule has 3 amide bonds. The van der Waals surface area contributed by atoms with E-state index in [1.807, 2.05) is 54.6 Å². The van der Waals surface area contributed by atoms with Crippen molar-refractivity contribution < 1.29 is 19.2 Å². The highest BCUT2D eigenvalue weighted by molar-refractivity contribution is 6.42. The Kier molecular flexibility index (Phi) is 6.80. The van der Waals surface area contributed by atoms with E-state index in [1.54, 1.807) is 6.07 Å². The number of likely N-dealkylation sites (tertiary alicyclic amines) is 1. The van der Waals surface area contributed by atoms with Gasteiger partial charge in [-0.3, -0.25) is 19.2 Å². The van der Waals surface area contributed by atoms with Crippen LogP contribution < -0.4 is 10.6 Å². The zero-order valence-electron chi connectivity index (χ0n) is 20.0. The van der Waals surface area contributed by atoms with E-state index in [-0.39, 0.29) is 19.1 Å². The van der Waals surface area contributed by atoms with Crippen LogP contribution >= 0.6 is 0 Å². The molecule has 7 nitrogen and oxygen atoms in total. The lowest BCUT2D eigenvalue weighted by Crippen LogP contribution is -2.43. The maximum atomic E-state index is 12.9. The van der Waals surface area contributed by atoms with Gasteiger partial charge in [-0.2, -0.15) is 0 Å². The average Bonchev–Trinajstić information content (AvgIpc) is 3.18. The Hall–Kier alpha value is -4.00. The zero-order chi connectivity index (χ0) is 25.1. The fourth-order valence-electron chi connectivity index (χ4n) is 5.27. The fourth-order valence-corrected chi connectivity index (χ4v) is 5.27. The predicted molar refractivity (Wildman–Crippen MR) is 137 cm³/mol. The summed E-state index contributed by atoms with van der Waals surface area (Å²) >= 11 is 0. The molecule has 0 bridgehead atoms. The number of nitrogens with zero attached hydrogens (tertiary/aromatic N) is 1. The smallest absolute Gasteiger partial charge is 0.291 e. The molecule has 2 N–H and O–H groups in total. The second kappa shape index (κ2) is 10.3. The van der Waals surface area contributed by atoms with Crippen LogP contribution in [0.15, 0.2) is 72.8 Å². The first-order valence-corrected chi connectivity index (χ1v) is 12.4. The minimum Gasteiger partial charge on any atom is -0.353 e. The van der Waals surface area contributed by atoms with Crippen LogP contribution in [0.1, 0.15) is 37.2 Å². The summed E-state index contributed by atoms with van der Waals surface area (Å²) in [7, 11) is 0. The quantitative estimate of drug-likeness (QED) is 0.413. The largest absolute Gasteiger partial charge is 0.353 e. The maximum absolute atomic E-state index is 12.9. The molecule has 1 aliphatic carbocycles. The first kappa shape index (κ1) is 23.7. The molecule has 1 atom stereocenters. The van der Waals surface area contributed by atoms with Gasteiger partial charge in [0.1, 0.15) is 12.5 Å². The second-order valence-electron chi connectivity index (χ2n) is 9.68. The molecule has 1 saturated heterocycles. The lowest BCUT2D eigenvalue weighted by Gasteiger charge is -2.30. The Labute approximate surface area is 209 Å². The molecule has 3 aromatic carbocycles. The molecule has 1 heterocycles. The van der Waals surface area contributed by atoms with Gasteiger partial charge in [0.05, 0.1) is 0 Å². The van der Waals surface area contributed by atoms with Gasteiger partial charge in [0, 0.05) is 18.3 Å². The Bertz CT molecular complexity index is 1300. The first-order chi connectivity index (χ1) is 17.5. The number of carbonyl (C=O) groups excluding carboxylic acids is 4. The Morgan fingerprint density at radius 3 is 2.28 bits per heavy atom. The summed E-state index contributed by atoms with van der Waals surface area (Å²) in [5.74, 6) is -2.95. The molecule has 5 rings (SSSR count). The monoisotopic (exact) mass is 483 g/mol. The van der Waals surface area contributed by atoms with Crippen LogP contribution in [0.2, 0.25) is 0 Å². The van der Waals surface area contributed by atoms with Crippen LogP contribution in [-0.2, 0) is 19.2 Å². The van der Waals surface area contributed by atoms with Crippen molar-refractivity contribution in [3.8, 4) is 0 Å². The second-order valence-corrected chi connectivity index (χ2v) is 9.68. The number of ketones is 1. The number of fused-ring (bicyclic) bond motifs is 1. The van der Waals surface area contributed by atoms with Gasteiger partial charge >= 0.3 is 0 Å². The lowest BCUT2D eigenvalue weighted by molar-refractivity contribution is -0.143. The van der Waals surface area contributed by atoms with Crippen molar-refractivity contribution >= 4 is 40.0 Å². The van der Waals surface area contributed by atoms with E-state index >= 15 is 0 Å². The number of anilines is 1. The normalized spacial score (nSPS) is 22.0. The number of Topliss-reactive ketones (excluding diaryl/α,β-unsaturated/α-hetero) is 1. The Morgan fingerprint density at radius 2 is 1.53 bits per heavy atom. The van der Waals surface area contributed by atoms with Crippen molar-refractivity contribution in [2.75, 3.05) is 18.4 Å². The van der Waals surface area contributed by atoms with Crippen LogP contribution in [0.3, 0.4) is 0 Å². The van der Waals surface area contributed by atoms with Crippen LogP contribution in [-0.4, -0.2) is 47.5 Å². The van der Waals surface area contributed by atoms with Gasteiger partial charge < -0.3 is 15.5 Å².